The maximum atomic E-state index is 13.4. The van der Waals surface area contributed by atoms with Crippen molar-refractivity contribution in [3.05, 3.63) is 67.9 Å². The van der Waals surface area contributed by atoms with E-state index in [9.17, 15) is 9.50 Å². The van der Waals surface area contributed by atoms with E-state index in [2.05, 4.69) is 15.9 Å². The lowest BCUT2D eigenvalue weighted by Gasteiger charge is -2.13. The lowest BCUT2D eigenvalue weighted by molar-refractivity contribution is 0.177. The molecule has 2 rings (SSSR count). The van der Waals surface area contributed by atoms with E-state index in [-0.39, 0.29) is 4.47 Å². The summed E-state index contributed by atoms with van der Waals surface area (Å²) in [6.07, 6.45) is -0.485. The Morgan fingerprint density at radius 3 is 2.58 bits per heavy atom. The van der Waals surface area contributed by atoms with Crippen molar-refractivity contribution >= 4 is 39.1 Å². The summed E-state index contributed by atoms with van der Waals surface area (Å²) in [5.74, 6) is -0.398. The molecule has 1 N–H and O–H groups in total. The zero-order valence-corrected chi connectivity index (χ0v) is 12.8. The summed E-state index contributed by atoms with van der Waals surface area (Å²) in [7, 11) is 0. The third-order valence-electron chi connectivity index (χ3n) is 2.75. The molecule has 0 bridgehead atoms. The fourth-order valence-electron chi connectivity index (χ4n) is 1.78. The summed E-state index contributed by atoms with van der Waals surface area (Å²) in [5.41, 5.74) is 1.34. The van der Waals surface area contributed by atoms with Crippen LogP contribution in [0, 0.1) is 5.82 Å². The van der Waals surface area contributed by atoms with Crippen LogP contribution in [0.1, 0.15) is 17.2 Å². The highest BCUT2D eigenvalue weighted by Gasteiger charge is 2.15. The smallest absolute Gasteiger partial charge is 0.137 e. The summed E-state index contributed by atoms with van der Waals surface area (Å²) < 4.78 is 13.7. The van der Waals surface area contributed by atoms with Crippen LogP contribution in [-0.2, 0) is 6.42 Å². The predicted octanol–water partition coefficient (Wildman–Crippen LogP) is 5.17. The predicted molar refractivity (Wildman–Crippen MR) is 79.2 cm³/mol. The standard InChI is InChI=1S/C14H10BrCl2FO/c15-14-9(2-1-3-12(14)18)13(19)7-8-4-5-10(16)11(17)6-8/h1-6,13,19H,7H2. The maximum absolute atomic E-state index is 13.4. The molecule has 5 heteroatoms. The van der Waals surface area contributed by atoms with Gasteiger partial charge in [-0.05, 0) is 45.3 Å². The first-order valence-electron chi connectivity index (χ1n) is 5.55. The van der Waals surface area contributed by atoms with E-state index in [1.165, 1.54) is 6.07 Å². The highest BCUT2D eigenvalue weighted by molar-refractivity contribution is 9.10. The van der Waals surface area contributed by atoms with E-state index in [0.717, 1.165) is 5.56 Å². The van der Waals surface area contributed by atoms with Gasteiger partial charge in [0, 0.05) is 6.42 Å². The van der Waals surface area contributed by atoms with Gasteiger partial charge < -0.3 is 5.11 Å². The molecular weight excluding hydrogens is 354 g/mol. The Bertz CT molecular complexity index is 604. The van der Waals surface area contributed by atoms with Crippen molar-refractivity contribution in [3.8, 4) is 0 Å². The molecule has 0 spiro atoms. The zero-order chi connectivity index (χ0) is 14.0. The van der Waals surface area contributed by atoms with Gasteiger partial charge in [0.2, 0.25) is 0 Å². The molecule has 19 heavy (non-hydrogen) atoms. The molecule has 2 aromatic carbocycles. The minimum atomic E-state index is -0.817. The second-order valence-electron chi connectivity index (χ2n) is 4.11. The summed E-state index contributed by atoms with van der Waals surface area (Å²) in [5, 5.41) is 11.1. The Hall–Kier alpha value is -0.610. The van der Waals surface area contributed by atoms with Gasteiger partial charge in [-0.1, -0.05) is 41.4 Å². The molecule has 100 valence electrons. The number of halogens is 4. The van der Waals surface area contributed by atoms with Crippen molar-refractivity contribution in [2.75, 3.05) is 0 Å². The van der Waals surface area contributed by atoms with Crippen molar-refractivity contribution in [2.45, 2.75) is 12.5 Å². The maximum Gasteiger partial charge on any atom is 0.137 e. The molecule has 0 heterocycles. The van der Waals surface area contributed by atoms with Crippen molar-refractivity contribution in [1.29, 1.82) is 0 Å². The monoisotopic (exact) mass is 362 g/mol. The van der Waals surface area contributed by atoms with E-state index < -0.39 is 11.9 Å². The van der Waals surface area contributed by atoms with Crippen LogP contribution in [0.3, 0.4) is 0 Å². The molecule has 0 saturated carbocycles. The van der Waals surface area contributed by atoms with Gasteiger partial charge >= 0.3 is 0 Å². The van der Waals surface area contributed by atoms with Gasteiger partial charge in [0.1, 0.15) is 5.82 Å². The average molecular weight is 364 g/mol. The Kier molecular flexibility index (Phi) is 4.85. The van der Waals surface area contributed by atoms with E-state index in [4.69, 9.17) is 23.2 Å². The van der Waals surface area contributed by atoms with Crippen LogP contribution in [0.5, 0.6) is 0 Å². The zero-order valence-electron chi connectivity index (χ0n) is 9.71. The Balaban J connectivity index is 2.23. The van der Waals surface area contributed by atoms with Crippen molar-refractivity contribution in [2.24, 2.45) is 0 Å². The third-order valence-corrected chi connectivity index (χ3v) is 4.33. The largest absolute Gasteiger partial charge is 0.388 e. The van der Waals surface area contributed by atoms with Gasteiger partial charge in [0.25, 0.3) is 0 Å². The number of hydrogen-bond donors (Lipinski definition) is 1. The number of aliphatic hydroxyl groups excluding tert-OH is 1. The molecule has 0 aliphatic rings. The second-order valence-corrected chi connectivity index (χ2v) is 5.72. The Labute approximate surface area is 129 Å². The molecule has 2 aromatic rings. The molecule has 0 aliphatic carbocycles. The molecule has 0 amide bonds. The van der Waals surface area contributed by atoms with E-state index in [0.29, 0.717) is 22.0 Å². The van der Waals surface area contributed by atoms with E-state index in [1.807, 2.05) is 0 Å². The fraction of sp³-hybridized carbons (Fsp3) is 0.143. The first-order valence-corrected chi connectivity index (χ1v) is 7.10. The number of rotatable bonds is 3. The van der Waals surface area contributed by atoms with Gasteiger partial charge in [0.05, 0.1) is 20.6 Å². The van der Waals surface area contributed by atoms with Crippen molar-refractivity contribution in [1.82, 2.24) is 0 Å². The number of hydrogen-bond acceptors (Lipinski definition) is 1. The van der Waals surface area contributed by atoms with E-state index >= 15 is 0 Å². The van der Waals surface area contributed by atoms with Crippen LogP contribution < -0.4 is 0 Å². The molecule has 0 aliphatic heterocycles. The van der Waals surface area contributed by atoms with Gasteiger partial charge in [-0.15, -0.1) is 0 Å². The van der Waals surface area contributed by atoms with Gasteiger partial charge in [-0.25, -0.2) is 4.39 Å². The third kappa shape index (κ3) is 3.48. The van der Waals surface area contributed by atoms with Crippen LogP contribution in [0.4, 0.5) is 4.39 Å². The van der Waals surface area contributed by atoms with Gasteiger partial charge in [-0.2, -0.15) is 0 Å². The highest BCUT2D eigenvalue weighted by atomic mass is 79.9. The molecule has 0 fully saturated rings. The molecule has 1 atom stereocenters. The van der Waals surface area contributed by atoms with Gasteiger partial charge in [-0.3, -0.25) is 0 Å². The first-order chi connectivity index (χ1) is 8.99. The van der Waals surface area contributed by atoms with E-state index in [1.54, 1.807) is 30.3 Å². The molecule has 0 saturated heterocycles. The summed E-state index contributed by atoms with van der Waals surface area (Å²) in [6.45, 7) is 0. The van der Waals surface area contributed by atoms with Crippen LogP contribution in [0.2, 0.25) is 10.0 Å². The minimum absolute atomic E-state index is 0.280. The summed E-state index contributed by atoms with van der Waals surface area (Å²) in [4.78, 5) is 0. The number of aliphatic hydroxyl groups is 1. The minimum Gasteiger partial charge on any atom is -0.388 e. The van der Waals surface area contributed by atoms with Crippen LogP contribution in [-0.4, -0.2) is 5.11 Å². The Morgan fingerprint density at radius 1 is 1.16 bits per heavy atom. The van der Waals surface area contributed by atoms with Crippen LogP contribution in [0.15, 0.2) is 40.9 Å². The fourth-order valence-corrected chi connectivity index (χ4v) is 2.63. The SMILES string of the molecule is OC(Cc1ccc(Cl)c(Cl)c1)c1cccc(F)c1Br. The van der Waals surface area contributed by atoms with Gasteiger partial charge in [0.15, 0.2) is 0 Å². The molecular formula is C14H10BrCl2FO. The quantitative estimate of drug-likeness (QED) is 0.797. The average Bonchev–Trinajstić information content (AvgIpc) is 2.37. The summed E-state index contributed by atoms with van der Waals surface area (Å²) in [6, 6.07) is 9.72. The van der Waals surface area contributed by atoms with Crippen molar-refractivity contribution in [3.63, 3.8) is 0 Å². The highest BCUT2D eigenvalue weighted by Crippen LogP contribution is 2.30. The number of benzene rings is 2. The lowest BCUT2D eigenvalue weighted by atomic mass is 10.0. The molecule has 1 unspecified atom stereocenters. The molecule has 1 nitrogen and oxygen atoms in total. The first kappa shape index (κ1) is 14.8. The van der Waals surface area contributed by atoms with Crippen molar-refractivity contribution < 1.29 is 9.50 Å². The molecule has 0 aromatic heterocycles. The Morgan fingerprint density at radius 2 is 1.89 bits per heavy atom. The summed E-state index contributed by atoms with van der Waals surface area (Å²) >= 11 is 14.9. The topological polar surface area (TPSA) is 20.2 Å². The normalized spacial score (nSPS) is 12.5. The molecule has 0 radical (unpaired) electrons. The lowest BCUT2D eigenvalue weighted by Crippen LogP contribution is -2.03. The van der Waals surface area contributed by atoms with Crippen LogP contribution >= 0.6 is 39.1 Å². The second kappa shape index (κ2) is 6.23. The van der Waals surface area contributed by atoms with Crippen LogP contribution in [0.25, 0.3) is 0 Å².